The number of aliphatic hydroxyl groups is 3. The molecule has 0 saturated heterocycles. The van der Waals surface area contributed by atoms with Crippen LogP contribution in [0.25, 0.3) is 0 Å². The van der Waals surface area contributed by atoms with Crippen molar-refractivity contribution in [2.24, 2.45) is 0 Å². The molecule has 2 unspecified atom stereocenters. The molecule has 1 aromatic rings. The predicted molar refractivity (Wildman–Crippen MR) is 73.0 cm³/mol. The number of benzene rings is 1. The van der Waals surface area contributed by atoms with E-state index in [1.54, 1.807) is 18.2 Å². The number of fused-ring (bicyclic) bond motifs is 1. The van der Waals surface area contributed by atoms with Crippen LogP contribution < -0.4 is 14.8 Å². The molecule has 1 aromatic carbocycles. The summed E-state index contributed by atoms with van der Waals surface area (Å²) in [6.07, 6.45) is -0.722. The number of nitrogens with one attached hydrogen (secondary N) is 1. The van der Waals surface area contributed by atoms with Gasteiger partial charge in [0.25, 0.3) is 0 Å². The van der Waals surface area contributed by atoms with Crippen molar-refractivity contribution in [3.63, 3.8) is 0 Å². The zero-order valence-electron chi connectivity index (χ0n) is 11.5. The Balaban J connectivity index is 1.91. The fraction of sp³-hybridized carbons (Fsp3) is 0.571. The highest BCUT2D eigenvalue weighted by molar-refractivity contribution is 5.44. The molecule has 0 aliphatic carbocycles. The van der Waals surface area contributed by atoms with Crippen molar-refractivity contribution in [2.45, 2.75) is 18.6 Å². The Hall–Kier alpha value is -1.34. The SMILES string of the molecule is CC(O)(CO)CNCC(O)c1ccc2c(c1)OCCO2. The summed E-state index contributed by atoms with van der Waals surface area (Å²) < 4.78 is 10.9. The van der Waals surface area contributed by atoms with Gasteiger partial charge < -0.3 is 30.1 Å². The maximum Gasteiger partial charge on any atom is 0.161 e. The molecular weight excluding hydrogens is 262 g/mol. The molecule has 1 aliphatic heterocycles. The zero-order valence-corrected chi connectivity index (χ0v) is 11.5. The maximum atomic E-state index is 10.1. The molecule has 0 fully saturated rings. The monoisotopic (exact) mass is 283 g/mol. The molecule has 0 saturated carbocycles. The number of hydrogen-bond donors (Lipinski definition) is 4. The van der Waals surface area contributed by atoms with E-state index < -0.39 is 11.7 Å². The van der Waals surface area contributed by atoms with Gasteiger partial charge in [0, 0.05) is 13.1 Å². The summed E-state index contributed by atoms with van der Waals surface area (Å²) in [5, 5.41) is 31.6. The molecule has 4 N–H and O–H groups in total. The van der Waals surface area contributed by atoms with E-state index in [0.29, 0.717) is 30.3 Å². The van der Waals surface area contributed by atoms with Gasteiger partial charge in [0.1, 0.15) is 13.2 Å². The highest BCUT2D eigenvalue weighted by atomic mass is 16.6. The second-order valence-corrected chi connectivity index (χ2v) is 5.20. The van der Waals surface area contributed by atoms with E-state index in [9.17, 15) is 10.2 Å². The molecule has 0 bridgehead atoms. The lowest BCUT2D eigenvalue weighted by Gasteiger charge is -2.23. The number of aliphatic hydroxyl groups excluding tert-OH is 2. The first-order valence-corrected chi connectivity index (χ1v) is 6.63. The van der Waals surface area contributed by atoms with Crippen molar-refractivity contribution < 1.29 is 24.8 Å². The van der Waals surface area contributed by atoms with Crippen LogP contribution >= 0.6 is 0 Å². The van der Waals surface area contributed by atoms with E-state index in [1.807, 2.05) is 0 Å². The van der Waals surface area contributed by atoms with E-state index >= 15 is 0 Å². The van der Waals surface area contributed by atoms with Crippen molar-refractivity contribution in [1.29, 1.82) is 0 Å². The molecule has 0 radical (unpaired) electrons. The van der Waals surface area contributed by atoms with Crippen LogP contribution in [0.2, 0.25) is 0 Å². The van der Waals surface area contributed by atoms with E-state index in [-0.39, 0.29) is 19.7 Å². The van der Waals surface area contributed by atoms with Crippen molar-refractivity contribution in [3.8, 4) is 11.5 Å². The van der Waals surface area contributed by atoms with Gasteiger partial charge in [0.05, 0.1) is 18.3 Å². The fourth-order valence-electron chi connectivity index (χ4n) is 1.92. The minimum absolute atomic E-state index is 0.200. The van der Waals surface area contributed by atoms with Gasteiger partial charge in [0.15, 0.2) is 11.5 Å². The molecule has 1 aliphatic rings. The Morgan fingerprint density at radius 2 is 2.00 bits per heavy atom. The molecule has 0 aromatic heterocycles. The highest BCUT2D eigenvalue weighted by Gasteiger charge is 2.20. The Morgan fingerprint density at radius 3 is 2.70 bits per heavy atom. The molecular formula is C14H21NO5. The van der Waals surface area contributed by atoms with E-state index in [2.05, 4.69) is 5.32 Å². The van der Waals surface area contributed by atoms with Gasteiger partial charge in [-0.3, -0.25) is 0 Å². The third-order valence-corrected chi connectivity index (χ3v) is 3.14. The van der Waals surface area contributed by atoms with Crippen LogP contribution in [0.3, 0.4) is 0 Å². The molecule has 112 valence electrons. The van der Waals surface area contributed by atoms with Gasteiger partial charge in [-0.1, -0.05) is 6.07 Å². The van der Waals surface area contributed by atoms with Gasteiger partial charge >= 0.3 is 0 Å². The maximum absolute atomic E-state index is 10.1. The molecule has 2 atom stereocenters. The summed E-state index contributed by atoms with van der Waals surface area (Å²) in [5.74, 6) is 1.32. The predicted octanol–water partition coefficient (Wildman–Crippen LogP) is -0.176. The second-order valence-electron chi connectivity index (χ2n) is 5.20. The Bertz CT molecular complexity index is 449. The van der Waals surface area contributed by atoms with Crippen LogP contribution in [0.15, 0.2) is 18.2 Å². The van der Waals surface area contributed by atoms with Gasteiger partial charge in [-0.25, -0.2) is 0 Å². The minimum Gasteiger partial charge on any atom is -0.486 e. The fourth-order valence-corrected chi connectivity index (χ4v) is 1.92. The Morgan fingerprint density at radius 1 is 1.30 bits per heavy atom. The van der Waals surface area contributed by atoms with E-state index in [1.165, 1.54) is 6.92 Å². The quantitative estimate of drug-likeness (QED) is 0.579. The van der Waals surface area contributed by atoms with Crippen LogP contribution in [0.4, 0.5) is 0 Å². The Kier molecular flexibility index (Phi) is 4.82. The van der Waals surface area contributed by atoms with Crippen LogP contribution in [-0.4, -0.2) is 53.8 Å². The van der Waals surface area contributed by atoms with Gasteiger partial charge in [0.2, 0.25) is 0 Å². The van der Waals surface area contributed by atoms with Gasteiger partial charge in [-0.2, -0.15) is 0 Å². The molecule has 1 heterocycles. The lowest BCUT2D eigenvalue weighted by Crippen LogP contribution is -2.42. The first-order valence-electron chi connectivity index (χ1n) is 6.63. The van der Waals surface area contributed by atoms with E-state index in [0.717, 1.165) is 0 Å². The minimum atomic E-state index is -1.19. The second kappa shape index (κ2) is 6.41. The van der Waals surface area contributed by atoms with Crippen LogP contribution in [0, 0.1) is 0 Å². The molecule has 6 heteroatoms. The third kappa shape index (κ3) is 3.83. The van der Waals surface area contributed by atoms with Crippen LogP contribution in [-0.2, 0) is 0 Å². The topological polar surface area (TPSA) is 91.2 Å². The van der Waals surface area contributed by atoms with Gasteiger partial charge in [-0.15, -0.1) is 0 Å². The van der Waals surface area contributed by atoms with Crippen LogP contribution in [0.5, 0.6) is 11.5 Å². The summed E-state index contributed by atoms with van der Waals surface area (Å²) >= 11 is 0. The average Bonchev–Trinajstić information content (AvgIpc) is 2.46. The zero-order chi connectivity index (χ0) is 14.6. The molecule has 0 amide bonds. The normalized spacial score (nSPS) is 18.4. The smallest absolute Gasteiger partial charge is 0.161 e. The summed E-state index contributed by atoms with van der Waals surface area (Å²) in [6.45, 7) is 2.70. The number of rotatable bonds is 6. The summed E-state index contributed by atoms with van der Waals surface area (Å²) in [5.41, 5.74) is -0.475. The van der Waals surface area contributed by atoms with Crippen molar-refractivity contribution in [3.05, 3.63) is 23.8 Å². The van der Waals surface area contributed by atoms with E-state index in [4.69, 9.17) is 14.6 Å². The van der Waals surface area contributed by atoms with Crippen molar-refractivity contribution in [2.75, 3.05) is 32.9 Å². The summed E-state index contributed by atoms with van der Waals surface area (Å²) in [6, 6.07) is 5.31. The van der Waals surface area contributed by atoms with Crippen LogP contribution in [0.1, 0.15) is 18.6 Å². The lowest BCUT2D eigenvalue weighted by molar-refractivity contribution is 0.000720. The third-order valence-electron chi connectivity index (χ3n) is 3.14. The standard InChI is InChI=1S/C14H21NO5/c1-14(18,9-16)8-15-7-11(17)10-2-3-12-13(6-10)20-5-4-19-12/h2-3,6,11,15-18H,4-5,7-9H2,1H3. The van der Waals surface area contributed by atoms with Crippen molar-refractivity contribution in [1.82, 2.24) is 5.32 Å². The lowest BCUT2D eigenvalue weighted by atomic mass is 10.1. The largest absolute Gasteiger partial charge is 0.486 e. The number of hydrogen-bond acceptors (Lipinski definition) is 6. The first-order chi connectivity index (χ1) is 9.52. The Labute approximate surface area is 118 Å². The summed E-state index contributed by atoms with van der Waals surface area (Å²) in [4.78, 5) is 0. The molecule has 20 heavy (non-hydrogen) atoms. The molecule has 6 nitrogen and oxygen atoms in total. The van der Waals surface area contributed by atoms with Crippen molar-refractivity contribution >= 4 is 0 Å². The highest BCUT2D eigenvalue weighted by Crippen LogP contribution is 2.32. The van der Waals surface area contributed by atoms with Gasteiger partial charge in [-0.05, 0) is 24.6 Å². The summed E-state index contributed by atoms with van der Waals surface area (Å²) in [7, 11) is 0. The molecule has 2 rings (SSSR count). The molecule has 0 spiro atoms. The number of ether oxygens (including phenoxy) is 2. The first kappa shape index (κ1) is 15.1. The average molecular weight is 283 g/mol.